The van der Waals surface area contributed by atoms with E-state index < -0.39 is 10.0 Å². The standard InChI is InChI=1S/C25H31N3O3S/c1-18(15-21-17-26-24-10-6-5-9-23(21)24)28-25(29)20-13-11-19(12-14-20)16-27-32(30,31)22-7-3-2-4-8-22/h2-10,17-20,26-27H,11-16H2,1H3,(H,28,29)/t18-,19?,20?/m1/s1. The first-order valence-corrected chi connectivity index (χ1v) is 12.8. The van der Waals surface area contributed by atoms with Gasteiger partial charge in [-0.3, -0.25) is 4.79 Å². The van der Waals surface area contributed by atoms with Crippen molar-refractivity contribution in [2.75, 3.05) is 6.54 Å². The minimum absolute atomic E-state index is 0.00222. The van der Waals surface area contributed by atoms with E-state index in [0.717, 1.165) is 37.6 Å². The van der Waals surface area contributed by atoms with Crippen LogP contribution in [0, 0.1) is 11.8 Å². The Balaban J connectivity index is 1.23. The van der Waals surface area contributed by atoms with Crippen LogP contribution in [-0.4, -0.2) is 31.9 Å². The smallest absolute Gasteiger partial charge is 0.240 e. The summed E-state index contributed by atoms with van der Waals surface area (Å²) >= 11 is 0. The van der Waals surface area contributed by atoms with Crippen LogP contribution in [0.5, 0.6) is 0 Å². The highest BCUT2D eigenvalue weighted by Gasteiger charge is 2.28. The molecule has 4 rings (SSSR count). The molecule has 3 N–H and O–H groups in total. The summed E-state index contributed by atoms with van der Waals surface area (Å²) in [6, 6.07) is 16.7. The number of hydrogen-bond donors (Lipinski definition) is 3. The lowest BCUT2D eigenvalue weighted by Gasteiger charge is -2.28. The second kappa shape index (κ2) is 9.88. The number of carbonyl (C=O) groups excluding carboxylic acids is 1. The van der Waals surface area contributed by atoms with Gasteiger partial charge in [-0.2, -0.15) is 0 Å². The highest BCUT2D eigenvalue weighted by molar-refractivity contribution is 7.89. The number of para-hydroxylation sites is 1. The van der Waals surface area contributed by atoms with Crippen LogP contribution in [-0.2, 0) is 21.2 Å². The molecule has 0 unspecified atom stereocenters. The lowest BCUT2D eigenvalue weighted by Crippen LogP contribution is -2.40. The number of fused-ring (bicyclic) bond motifs is 1. The summed E-state index contributed by atoms with van der Waals surface area (Å²) in [5.41, 5.74) is 2.32. The molecule has 1 aliphatic carbocycles. The summed E-state index contributed by atoms with van der Waals surface area (Å²) in [6.45, 7) is 2.46. The van der Waals surface area contributed by atoms with Crippen LogP contribution in [0.1, 0.15) is 38.2 Å². The molecule has 0 aliphatic heterocycles. The van der Waals surface area contributed by atoms with E-state index >= 15 is 0 Å². The number of sulfonamides is 1. The number of H-pyrrole nitrogens is 1. The minimum atomic E-state index is -3.48. The predicted molar refractivity (Wildman–Crippen MR) is 127 cm³/mol. The monoisotopic (exact) mass is 453 g/mol. The molecule has 1 amide bonds. The highest BCUT2D eigenvalue weighted by atomic mass is 32.2. The molecule has 2 aromatic carbocycles. The summed E-state index contributed by atoms with van der Waals surface area (Å²) < 4.78 is 27.5. The average Bonchev–Trinajstić information content (AvgIpc) is 3.21. The number of hydrogen-bond acceptors (Lipinski definition) is 3. The van der Waals surface area contributed by atoms with E-state index in [9.17, 15) is 13.2 Å². The van der Waals surface area contributed by atoms with Gasteiger partial charge in [-0.1, -0.05) is 36.4 Å². The van der Waals surface area contributed by atoms with Crippen LogP contribution >= 0.6 is 0 Å². The molecule has 0 radical (unpaired) electrons. The van der Waals surface area contributed by atoms with E-state index in [2.05, 4.69) is 27.2 Å². The topological polar surface area (TPSA) is 91.1 Å². The molecule has 3 aromatic rings. The first kappa shape index (κ1) is 22.6. The van der Waals surface area contributed by atoms with Crippen LogP contribution in [0.4, 0.5) is 0 Å². The predicted octanol–water partition coefficient (Wildman–Crippen LogP) is 4.00. The molecule has 1 aliphatic rings. The van der Waals surface area contributed by atoms with Gasteiger partial charge in [-0.25, -0.2) is 13.1 Å². The first-order valence-electron chi connectivity index (χ1n) is 11.3. The van der Waals surface area contributed by atoms with Crippen molar-refractivity contribution in [3.63, 3.8) is 0 Å². The van der Waals surface area contributed by atoms with Crippen molar-refractivity contribution in [2.45, 2.75) is 50.0 Å². The summed E-state index contributed by atoms with van der Waals surface area (Å²) in [5, 5.41) is 4.38. The van der Waals surface area contributed by atoms with Crippen molar-refractivity contribution in [2.24, 2.45) is 11.8 Å². The van der Waals surface area contributed by atoms with E-state index in [1.54, 1.807) is 30.3 Å². The number of amides is 1. The zero-order valence-corrected chi connectivity index (χ0v) is 19.2. The summed E-state index contributed by atoms with van der Waals surface area (Å²) in [6.07, 6.45) is 6.10. The van der Waals surface area contributed by atoms with Crippen molar-refractivity contribution in [3.05, 3.63) is 66.4 Å². The molecule has 1 fully saturated rings. The molecule has 0 spiro atoms. The lowest BCUT2D eigenvalue weighted by molar-refractivity contribution is -0.126. The molecule has 1 atom stereocenters. The quantitative estimate of drug-likeness (QED) is 0.481. The third kappa shape index (κ3) is 5.40. The Morgan fingerprint density at radius 1 is 1.03 bits per heavy atom. The minimum Gasteiger partial charge on any atom is -0.361 e. The molecule has 32 heavy (non-hydrogen) atoms. The Kier molecular flexibility index (Phi) is 6.96. The summed E-state index contributed by atoms with van der Waals surface area (Å²) in [5.74, 6) is 0.379. The third-order valence-corrected chi connectivity index (χ3v) is 7.86. The van der Waals surface area contributed by atoms with Crippen molar-refractivity contribution in [1.29, 1.82) is 0 Å². The maximum atomic E-state index is 12.8. The van der Waals surface area contributed by atoms with E-state index in [1.165, 1.54) is 10.9 Å². The molecular formula is C25H31N3O3S. The fraction of sp³-hybridized carbons (Fsp3) is 0.400. The second-order valence-corrected chi connectivity index (χ2v) is 10.6. The molecule has 0 bridgehead atoms. The average molecular weight is 454 g/mol. The molecular weight excluding hydrogens is 422 g/mol. The molecule has 1 aromatic heterocycles. The highest BCUT2D eigenvalue weighted by Crippen LogP contribution is 2.29. The number of benzene rings is 2. The Bertz CT molecular complexity index is 1150. The van der Waals surface area contributed by atoms with Gasteiger partial charge in [0.25, 0.3) is 0 Å². The van der Waals surface area contributed by atoms with Gasteiger partial charge in [0.2, 0.25) is 15.9 Å². The Morgan fingerprint density at radius 3 is 2.47 bits per heavy atom. The summed E-state index contributed by atoms with van der Waals surface area (Å²) in [7, 11) is -3.48. The van der Waals surface area contributed by atoms with Gasteiger partial charge in [0, 0.05) is 35.6 Å². The molecule has 170 valence electrons. The largest absolute Gasteiger partial charge is 0.361 e. The number of aromatic amines is 1. The maximum Gasteiger partial charge on any atom is 0.240 e. The van der Waals surface area contributed by atoms with Gasteiger partial charge in [0.15, 0.2) is 0 Å². The van der Waals surface area contributed by atoms with Gasteiger partial charge < -0.3 is 10.3 Å². The van der Waals surface area contributed by atoms with Crippen LogP contribution < -0.4 is 10.0 Å². The van der Waals surface area contributed by atoms with E-state index in [1.807, 2.05) is 25.3 Å². The van der Waals surface area contributed by atoms with Gasteiger partial charge in [-0.05, 0) is 68.7 Å². The molecule has 6 nitrogen and oxygen atoms in total. The summed E-state index contributed by atoms with van der Waals surface area (Å²) in [4.78, 5) is 16.4. The second-order valence-electron chi connectivity index (χ2n) is 8.86. The lowest BCUT2D eigenvalue weighted by atomic mass is 9.81. The normalized spacial score (nSPS) is 20.2. The fourth-order valence-corrected chi connectivity index (χ4v) is 5.72. The van der Waals surface area contributed by atoms with Gasteiger partial charge >= 0.3 is 0 Å². The molecule has 1 saturated carbocycles. The van der Waals surface area contributed by atoms with E-state index in [0.29, 0.717) is 6.54 Å². The van der Waals surface area contributed by atoms with Crippen LogP contribution in [0.3, 0.4) is 0 Å². The van der Waals surface area contributed by atoms with Crippen LogP contribution in [0.15, 0.2) is 65.7 Å². The Labute approximate surface area is 189 Å². The van der Waals surface area contributed by atoms with Gasteiger partial charge in [-0.15, -0.1) is 0 Å². The Morgan fingerprint density at radius 2 is 1.72 bits per heavy atom. The van der Waals surface area contributed by atoms with E-state index in [4.69, 9.17) is 0 Å². The van der Waals surface area contributed by atoms with Crippen molar-refractivity contribution in [3.8, 4) is 0 Å². The SMILES string of the molecule is C[C@H](Cc1c[nH]c2ccccc12)NC(=O)C1CCC(CNS(=O)(=O)c2ccccc2)CC1. The maximum absolute atomic E-state index is 12.8. The number of carbonyl (C=O) groups is 1. The number of rotatable bonds is 8. The zero-order valence-electron chi connectivity index (χ0n) is 18.4. The van der Waals surface area contributed by atoms with Gasteiger partial charge in [0.05, 0.1) is 4.90 Å². The number of aromatic nitrogens is 1. The van der Waals surface area contributed by atoms with Crippen molar-refractivity contribution >= 4 is 26.8 Å². The van der Waals surface area contributed by atoms with Crippen LogP contribution in [0.2, 0.25) is 0 Å². The first-order chi connectivity index (χ1) is 15.4. The fourth-order valence-electron chi connectivity index (χ4n) is 4.58. The third-order valence-electron chi connectivity index (χ3n) is 6.42. The molecule has 1 heterocycles. The van der Waals surface area contributed by atoms with E-state index in [-0.39, 0.29) is 28.7 Å². The number of nitrogens with one attached hydrogen (secondary N) is 3. The zero-order chi connectivity index (χ0) is 22.6. The van der Waals surface area contributed by atoms with Crippen LogP contribution in [0.25, 0.3) is 10.9 Å². The van der Waals surface area contributed by atoms with Gasteiger partial charge in [0.1, 0.15) is 0 Å². The molecule has 0 saturated heterocycles. The van der Waals surface area contributed by atoms with Crippen molar-refractivity contribution in [1.82, 2.24) is 15.0 Å². The molecule has 7 heteroatoms. The van der Waals surface area contributed by atoms with Crippen molar-refractivity contribution < 1.29 is 13.2 Å². The Hall–Kier alpha value is -2.64.